The molecule has 132 valence electrons. The van der Waals surface area contributed by atoms with E-state index in [0.29, 0.717) is 48.0 Å². The summed E-state index contributed by atoms with van der Waals surface area (Å²) in [6.07, 6.45) is 3.87. The van der Waals surface area contributed by atoms with Crippen molar-refractivity contribution in [3.05, 3.63) is 51.5 Å². The largest absolute Gasteiger partial charge is 0.393 e. The summed E-state index contributed by atoms with van der Waals surface area (Å²) in [5.74, 6) is 0.342. The lowest BCUT2D eigenvalue weighted by atomic mass is 10.1. The summed E-state index contributed by atoms with van der Waals surface area (Å²) in [6.45, 7) is 1.08. The zero-order valence-electron chi connectivity index (χ0n) is 13.8. The Morgan fingerprint density at radius 3 is 2.72 bits per heavy atom. The lowest BCUT2D eigenvalue weighted by molar-refractivity contribution is 0.0546. The summed E-state index contributed by atoms with van der Waals surface area (Å²) in [5.41, 5.74) is 0.561. The number of aliphatic hydroxyl groups is 1. The second-order valence-corrected chi connectivity index (χ2v) is 6.50. The number of aryl methyl sites for hydroxylation is 1. The first-order valence-electron chi connectivity index (χ1n) is 8.00. The summed E-state index contributed by atoms with van der Waals surface area (Å²) in [6, 6.07) is 4.84. The van der Waals surface area contributed by atoms with Gasteiger partial charge in [0.25, 0.3) is 11.5 Å². The number of piperidine rings is 1. The Morgan fingerprint density at radius 1 is 1.36 bits per heavy atom. The average molecular weight is 363 g/mol. The zero-order chi connectivity index (χ0) is 18.0. The number of aliphatic hydroxyl groups excluding tert-OH is 1. The molecule has 8 heteroatoms. The number of pyridine rings is 2. The molecule has 3 rings (SSSR count). The van der Waals surface area contributed by atoms with E-state index >= 15 is 0 Å². The van der Waals surface area contributed by atoms with Crippen LogP contribution in [0.4, 0.5) is 11.5 Å². The number of rotatable bonds is 3. The highest BCUT2D eigenvalue weighted by Gasteiger charge is 2.22. The van der Waals surface area contributed by atoms with E-state index in [4.69, 9.17) is 11.6 Å². The van der Waals surface area contributed by atoms with Gasteiger partial charge in [-0.1, -0.05) is 11.6 Å². The minimum absolute atomic E-state index is 0.107. The Kier molecular flexibility index (Phi) is 5.06. The molecule has 0 atom stereocenters. The van der Waals surface area contributed by atoms with Crippen LogP contribution >= 0.6 is 11.6 Å². The van der Waals surface area contributed by atoms with Crippen molar-refractivity contribution >= 4 is 29.0 Å². The van der Waals surface area contributed by atoms with E-state index < -0.39 is 0 Å². The number of likely N-dealkylation sites (tertiary alicyclic amines) is 1. The number of hydrogen-bond donors (Lipinski definition) is 2. The van der Waals surface area contributed by atoms with Crippen molar-refractivity contribution in [1.29, 1.82) is 0 Å². The summed E-state index contributed by atoms with van der Waals surface area (Å²) in [7, 11) is 1.62. The van der Waals surface area contributed by atoms with Crippen molar-refractivity contribution < 1.29 is 9.90 Å². The Labute approximate surface area is 149 Å². The van der Waals surface area contributed by atoms with Crippen LogP contribution in [0.3, 0.4) is 0 Å². The smallest absolute Gasteiger partial charge is 0.274 e. The van der Waals surface area contributed by atoms with E-state index in [1.165, 1.54) is 23.0 Å². The predicted molar refractivity (Wildman–Crippen MR) is 95.4 cm³/mol. The molecule has 7 nitrogen and oxygen atoms in total. The molecule has 2 aromatic heterocycles. The van der Waals surface area contributed by atoms with Crippen LogP contribution in [0.15, 0.2) is 35.4 Å². The van der Waals surface area contributed by atoms with Crippen molar-refractivity contribution in [2.24, 2.45) is 7.05 Å². The molecule has 0 unspecified atom stereocenters. The molecule has 0 bridgehead atoms. The molecule has 2 aromatic rings. The van der Waals surface area contributed by atoms with Crippen LogP contribution in [0, 0.1) is 0 Å². The van der Waals surface area contributed by atoms with Gasteiger partial charge in [0.15, 0.2) is 0 Å². The van der Waals surface area contributed by atoms with Gasteiger partial charge >= 0.3 is 0 Å². The van der Waals surface area contributed by atoms with Gasteiger partial charge in [0, 0.05) is 32.5 Å². The van der Waals surface area contributed by atoms with Crippen molar-refractivity contribution in [1.82, 2.24) is 14.5 Å². The number of carbonyl (C=O) groups is 1. The van der Waals surface area contributed by atoms with Crippen LogP contribution in [-0.2, 0) is 7.05 Å². The van der Waals surface area contributed by atoms with Gasteiger partial charge in [-0.05, 0) is 31.0 Å². The molecule has 2 N–H and O–H groups in total. The van der Waals surface area contributed by atoms with E-state index in [0.717, 1.165) is 0 Å². The van der Waals surface area contributed by atoms with Crippen molar-refractivity contribution in [2.45, 2.75) is 18.9 Å². The molecule has 0 spiro atoms. The fourth-order valence-electron chi connectivity index (χ4n) is 2.74. The van der Waals surface area contributed by atoms with Crippen LogP contribution in [0.2, 0.25) is 5.02 Å². The minimum atomic E-state index is -0.325. The van der Waals surface area contributed by atoms with Crippen molar-refractivity contribution in [3.8, 4) is 0 Å². The van der Waals surface area contributed by atoms with Gasteiger partial charge in [-0.15, -0.1) is 0 Å². The molecule has 1 saturated heterocycles. The maximum Gasteiger partial charge on any atom is 0.274 e. The van der Waals surface area contributed by atoms with Gasteiger partial charge in [-0.3, -0.25) is 9.59 Å². The normalized spacial score (nSPS) is 15.2. The second-order valence-electron chi connectivity index (χ2n) is 6.07. The average Bonchev–Trinajstić information content (AvgIpc) is 2.60. The number of amides is 1. The highest BCUT2D eigenvalue weighted by molar-refractivity contribution is 6.30. The first-order chi connectivity index (χ1) is 11.9. The Hall–Kier alpha value is -2.38. The van der Waals surface area contributed by atoms with Gasteiger partial charge in [0.2, 0.25) is 0 Å². The fourth-order valence-corrected chi connectivity index (χ4v) is 3.00. The van der Waals surface area contributed by atoms with Crippen molar-refractivity contribution in [2.75, 3.05) is 18.4 Å². The van der Waals surface area contributed by atoms with Crippen LogP contribution in [0.1, 0.15) is 23.2 Å². The molecule has 1 fully saturated rings. The third kappa shape index (κ3) is 4.00. The molecular weight excluding hydrogens is 344 g/mol. The fraction of sp³-hybridized carbons (Fsp3) is 0.353. The number of carbonyl (C=O) groups excluding carboxylic acids is 1. The molecule has 0 aromatic carbocycles. The summed E-state index contributed by atoms with van der Waals surface area (Å²) >= 11 is 5.96. The van der Waals surface area contributed by atoms with E-state index in [-0.39, 0.29) is 17.6 Å². The number of nitrogens with zero attached hydrogens (tertiary/aromatic N) is 3. The number of aromatic nitrogens is 2. The highest BCUT2D eigenvalue weighted by Crippen LogP contribution is 2.17. The molecule has 3 heterocycles. The van der Waals surface area contributed by atoms with Crippen LogP contribution < -0.4 is 10.9 Å². The summed E-state index contributed by atoms with van der Waals surface area (Å²) in [5, 5.41) is 12.9. The zero-order valence-corrected chi connectivity index (χ0v) is 14.5. The lowest BCUT2D eigenvalue weighted by Gasteiger charge is -2.29. The summed E-state index contributed by atoms with van der Waals surface area (Å²) < 4.78 is 1.38. The molecule has 1 amide bonds. The first kappa shape index (κ1) is 17.4. The van der Waals surface area contributed by atoms with Gasteiger partial charge in [-0.25, -0.2) is 4.98 Å². The lowest BCUT2D eigenvalue weighted by Crippen LogP contribution is -2.40. The third-order valence-electron chi connectivity index (χ3n) is 4.17. The maximum absolute atomic E-state index is 12.4. The molecule has 25 heavy (non-hydrogen) atoms. The molecule has 0 saturated carbocycles. The van der Waals surface area contributed by atoms with Crippen molar-refractivity contribution in [3.63, 3.8) is 0 Å². The monoisotopic (exact) mass is 362 g/mol. The van der Waals surface area contributed by atoms with Gasteiger partial charge < -0.3 is 19.9 Å². The molecule has 1 aliphatic rings. The van der Waals surface area contributed by atoms with E-state index in [9.17, 15) is 14.7 Å². The quantitative estimate of drug-likeness (QED) is 0.869. The topological polar surface area (TPSA) is 87.5 Å². The maximum atomic E-state index is 12.4. The van der Waals surface area contributed by atoms with Crippen LogP contribution in [0.5, 0.6) is 0 Å². The Morgan fingerprint density at radius 2 is 2.08 bits per heavy atom. The summed E-state index contributed by atoms with van der Waals surface area (Å²) in [4.78, 5) is 30.4. The highest BCUT2D eigenvalue weighted by atomic mass is 35.5. The first-order valence-corrected chi connectivity index (χ1v) is 8.38. The molecule has 0 radical (unpaired) electrons. The van der Waals surface area contributed by atoms with Gasteiger partial charge in [0.1, 0.15) is 11.5 Å². The number of nitrogens with one attached hydrogen (secondary N) is 1. The number of hydrogen-bond acceptors (Lipinski definition) is 5. The number of anilines is 2. The van der Waals surface area contributed by atoms with Crippen LogP contribution in [0.25, 0.3) is 0 Å². The minimum Gasteiger partial charge on any atom is -0.393 e. The number of halogens is 1. The van der Waals surface area contributed by atoms with E-state index in [1.807, 2.05) is 0 Å². The standard InChI is InChI=1S/C17H19ClN4O3/c1-21-10-12(18)8-14(17(21)25)20-15-3-2-11(9-19-15)16(24)22-6-4-13(23)5-7-22/h2-3,8-10,13,23H,4-7H2,1H3,(H,19,20). The van der Waals surface area contributed by atoms with Crippen LogP contribution in [-0.4, -0.2) is 44.7 Å². The predicted octanol–water partition coefficient (Wildman–Crippen LogP) is 1.77. The van der Waals surface area contributed by atoms with Gasteiger partial charge in [-0.2, -0.15) is 0 Å². The SMILES string of the molecule is Cn1cc(Cl)cc(Nc2ccc(C(=O)N3CCC(O)CC3)cn2)c1=O. The molecular formula is C17H19ClN4O3. The Balaban J connectivity index is 1.72. The van der Waals surface area contributed by atoms with E-state index in [1.54, 1.807) is 24.1 Å². The second kappa shape index (κ2) is 7.25. The molecule has 1 aliphatic heterocycles. The van der Waals surface area contributed by atoms with Gasteiger partial charge in [0.05, 0.1) is 16.7 Å². The third-order valence-corrected chi connectivity index (χ3v) is 4.38. The Bertz CT molecular complexity index is 827. The van der Waals surface area contributed by atoms with E-state index in [2.05, 4.69) is 10.3 Å². The molecule has 0 aliphatic carbocycles.